The van der Waals surface area contributed by atoms with E-state index in [0.29, 0.717) is 11.3 Å². The van der Waals surface area contributed by atoms with Gasteiger partial charge in [-0.15, -0.1) is 0 Å². The summed E-state index contributed by atoms with van der Waals surface area (Å²) in [7, 11) is 1.25. The lowest BCUT2D eigenvalue weighted by molar-refractivity contribution is 0.0145. The van der Waals surface area contributed by atoms with Gasteiger partial charge in [0.25, 0.3) is 5.92 Å². The second-order valence-corrected chi connectivity index (χ2v) is 5.74. The Morgan fingerprint density at radius 2 is 2.12 bits per heavy atom. The van der Waals surface area contributed by atoms with Gasteiger partial charge in [0.15, 0.2) is 0 Å². The van der Waals surface area contributed by atoms with Crippen LogP contribution in [0, 0.1) is 5.82 Å². The molecule has 0 saturated heterocycles. The molecule has 1 aromatic carbocycles. The molecule has 0 fully saturated rings. The number of pyridine rings is 1. The molecule has 2 aromatic rings. The number of rotatable bonds is 3. The molecule has 2 heterocycles. The van der Waals surface area contributed by atoms with Gasteiger partial charge >= 0.3 is 6.03 Å². The van der Waals surface area contributed by atoms with Crippen LogP contribution in [0.15, 0.2) is 30.5 Å². The van der Waals surface area contributed by atoms with Gasteiger partial charge in [0.2, 0.25) is 5.88 Å². The molecule has 0 bridgehead atoms. The highest BCUT2D eigenvalue weighted by Gasteiger charge is 2.32. The number of halogens is 3. The summed E-state index contributed by atoms with van der Waals surface area (Å²) >= 11 is 0. The largest absolute Gasteiger partial charge is 0.481 e. The summed E-state index contributed by atoms with van der Waals surface area (Å²) in [4.78, 5) is 17.6. The minimum atomic E-state index is -3.19. The van der Waals surface area contributed by atoms with Crippen molar-refractivity contribution in [2.24, 2.45) is 0 Å². The molecule has 0 radical (unpaired) electrons. The second kappa shape index (κ2) is 6.27. The number of amides is 2. The van der Waals surface area contributed by atoms with E-state index in [1.165, 1.54) is 30.3 Å². The van der Waals surface area contributed by atoms with Crippen LogP contribution < -0.4 is 15.0 Å². The zero-order valence-electron chi connectivity index (χ0n) is 13.6. The Morgan fingerprint density at radius 1 is 1.36 bits per heavy atom. The van der Waals surface area contributed by atoms with Gasteiger partial charge in [0.05, 0.1) is 24.6 Å². The summed E-state index contributed by atoms with van der Waals surface area (Å²) in [5.41, 5.74) is 0.507. The van der Waals surface area contributed by atoms with Crippen molar-refractivity contribution < 1.29 is 22.7 Å². The number of anilines is 2. The second-order valence-electron chi connectivity index (χ2n) is 5.74. The average Bonchev–Trinajstić information content (AvgIpc) is 2.73. The van der Waals surface area contributed by atoms with Gasteiger partial charge in [0.1, 0.15) is 5.82 Å². The van der Waals surface area contributed by atoms with E-state index in [1.807, 2.05) is 0 Å². The molecular formula is C17H16F3N3O2. The van der Waals surface area contributed by atoms with E-state index in [4.69, 9.17) is 4.74 Å². The lowest BCUT2D eigenvalue weighted by Crippen LogP contribution is -2.35. The van der Waals surface area contributed by atoms with E-state index in [9.17, 15) is 18.0 Å². The normalized spacial score (nSPS) is 14.6. The number of carbonyl (C=O) groups excluding carboxylic acids is 1. The number of hydrogen-bond donors (Lipinski definition) is 1. The fraction of sp³-hybridized carbons (Fsp3) is 0.294. The summed E-state index contributed by atoms with van der Waals surface area (Å²) in [5, 5.41) is 2.60. The van der Waals surface area contributed by atoms with Gasteiger partial charge in [-0.3, -0.25) is 4.90 Å². The number of methoxy groups -OCH3 is 1. The van der Waals surface area contributed by atoms with E-state index in [-0.39, 0.29) is 24.5 Å². The number of hydrogen-bond acceptors (Lipinski definition) is 3. The Kier molecular flexibility index (Phi) is 4.28. The average molecular weight is 351 g/mol. The maximum absolute atomic E-state index is 13.9. The Morgan fingerprint density at radius 3 is 2.80 bits per heavy atom. The Balaban J connectivity index is 1.98. The quantitative estimate of drug-likeness (QED) is 0.911. The first kappa shape index (κ1) is 17.1. The topological polar surface area (TPSA) is 54.5 Å². The highest BCUT2D eigenvalue weighted by Crippen LogP contribution is 2.36. The van der Waals surface area contributed by atoms with Crippen LogP contribution >= 0.6 is 0 Å². The molecular weight excluding hydrogens is 335 g/mol. The van der Waals surface area contributed by atoms with Gasteiger partial charge in [-0.2, -0.15) is 0 Å². The summed E-state index contributed by atoms with van der Waals surface area (Å²) in [6.07, 6.45) is 1.52. The molecule has 3 rings (SSSR count). The van der Waals surface area contributed by atoms with Gasteiger partial charge in [-0.25, -0.2) is 22.9 Å². The van der Waals surface area contributed by atoms with Crippen LogP contribution in [0.5, 0.6) is 5.88 Å². The number of urea groups is 1. The van der Waals surface area contributed by atoms with Gasteiger partial charge < -0.3 is 10.1 Å². The number of carbonyl (C=O) groups is 1. The minimum absolute atomic E-state index is 0.127. The van der Waals surface area contributed by atoms with Crippen molar-refractivity contribution in [2.45, 2.75) is 19.3 Å². The van der Waals surface area contributed by atoms with Crippen LogP contribution in [-0.2, 0) is 12.3 Å². The molecule has 2 amide bonds. The van der Waals surface area contributed by atoms with Crippen molar-refractivity contribution >= 4 is 17.4 Å². The van der Waals surface area contributed by atoms with Crippen molar-refractivity contribution in [2.75, 3.05) is 23.9 Å². The monoisotopic (exact) mass is 351 g/mol. The molecule has 1 aliphatic heterocycles. The summed E-state index contributed by atoms with van der Waals surface area (Å²) in [6.45, 7) is 0.854. The third kappa shape index (κ3) is 3.24. The molecule has 0 saturated carbocycles. The van der Waals surface area contributed by atoms with Crippen LogP contribution in [0.2, 0.25) is 0 Å². The Bertz CT molecular complexity index is 821. The van der Waals surface area contributed by atoms with Crippen LogP contribution in [0.1, 0.15) is 18.1 Å². The maximum Gasteiger partial charge on any atom is 0.326 e. The van der Waals surface area contributed by atoms with E-state index in [1.54, 1.807) is 6.07 Å². The molecule has 8 heteroatoms. The Hall–Kier alpha value is -2.77. The summed E-state index contributed by atoms with van der Waals surface area (Å²) in [6, 6.07) is 5.02. The third-order valence-electron chi connectivity index (χ3n) is 4.01. The summed E-state index contributed by atoms with van der Waals surface area (Å²) in [5.74, 6) is -3.82. The predicted octanol–water partition coefficient (Wildman–Crippen LogP) is 3.94. The summed E-state index contributed by atoms with van der Waals surface area (Å²) < 4.78 is 46.4. The lowest BCUT2D eigenvalue weighted by atomic mass is 10.1. The first-order valence-corrected chi connectivity index (χ1v) is 7.59. The number of ether oxygens (including phenoxy) is 1. The van der Waals surface area contributed by atoms with Crippen LogP contribution in [0.3, 0.4) is 0 Å². The standard InChI is InChI=1S/C17H16F3N3O2/c1-17(19,20)12-8-10(9-21-15(12)25-2)23-7-6-11-13(18)4-3-5-14(11)22-16(23)24/h3-5,8-9H,6-7H2,1-2H3,(H,22,24). The van der Waals surface area contributed by atoms with Gasteiger partial charge in [-0.1, -0.05) is 6.07 Å². The molecule has 0 atom stereocenters. The van der Waals surface area contributed by atoms with E-state index >= 15 is 0 Å². The van der Waals surface area contributed by atoms with Gasteiger partial charge in [-0.05, 0) is 24.6 Å². The molecule has 0 spiro atoms. The van der Waals surface area contributed by atoms with Crippen molar-refractivity contribution in [1.29, 1.82) is 0 Å². The zero-order valence-corrected chi connectivity index (χ0v) is 13.6. The molecule has 5 nitrogen and oxygen atoms in total. The molecule has 25 heavy (non-hydrogen) atoms. The number of aromatic nitrogens is 1. The van der Waals surface area contributed by atoms with Crippen LogP contribution in [0.25, 0.3) is 0 Å². The number of fused-ring (bicyclic) bond motifs is 1. The molecule has 1 aliphatic rings. The molecule has 0 unspecified atom stereocenters. The fourth-order valence-electron chi connectivity index (χ4n) is 2.75. The number of alkyl halides is 2. The SMILES string of the molecule is COc1ncc(N2CCc3c(F)cccc3NC2=O)cc1C(C)(F)F. The fourth-order valence-corrected chi connectivity index (χ4v) is 2.75. The minimum Gasteiger partial charge on any atom is -0.481 e. The van der Waals surface area contributed by atoms with Crippen molar-refractivity contribution in [3.05, 3.63) is 47.4 Å². The lowest BCUT2D eigenvalue weighted by Gasteiger charge is -2.22. The number of nitrogens with zero attached hydrogens (tertiary/aromatic N) is 2. The highest BCUT2D eigenvalue weighted by molar-refractivity contribution is 6.03. The van der Waals surface area contributed by atoms with Crippen molar-refractivity contribution in [1.82, 2.24) is 4.98 Å². The number of nitrogens with one attached hydrogen (secondary N) is 1. The van der Waals surface area contributed by atoms with E-state index in [0.717, 1.165) is 13.0 Å². The smallest absolute Gasteiger partial charge is 0.326 e. The van der Waals surface area contributed by atoms with Crippen LogP contribution in [-0.4, -0.2) is 24.7 Å². The molecule has 132 valence electrons. The third-order valence-corrected chi connectivity index (χ3v) is 4.01. The maximum atomic E-state index is 13.9. The van der Waals surface area contributed by atoms with E-state index in [2.05, 4.69) is 10.3 Å². The van der Waals surface area contributed by atoms with E-state index < -0.39 is 23.3 Å². The zero-order chi connectivity index (χ0) is 18.2. The Labute approximate surface area is 142 Å². The van der Waals surface area contributed by atoms with Gasteiger partial charge in [0, 0.05) is 24.7 Å². The van der Waals surface area contributed by atoms with Crippen LogP contribution in [0.4, 0.5) is 29.3 Å². The molecule has 0 aliphatic carbocycles. The highest BCUT2D eigenvalue weighted by atomic mass is 19.3. The first-order valence-electron chi connectivity index (χ1n) is 7.59. The first-order chi connectivity index (χ1) is 11.8. The molecule has 1 N–H and O–H groups in total. The number of benzene rings is 1. The molecule has 1 aromatic heterocycles. The predicted molar refractivity (Wildman–Crippen MR) is 86.8 cm³/mol. The van der Waals surface area contributed by atoms with Crippen molar-refractivity contribution in [3.8, 4) is 5.88 Å². The van der Waals surface area contributed by atoms with Crippen molar-refractivity contribution in [3.63, 3.8) is 0 Å².